The predicted molar refractivity (Wildman–Crippen MR) is 108 cm³/mol. The van der Waals surface area contributed by atoms with E-state index in [9.17, 15) is 4.79 Å². The van der Waals surface area contributed by atoms with Crippen LogP contribution in [0.5, 0.6) is 0 Å². The minimum atomic E-state index is -0.0236. The second-order valence-electron chi connectivity index (χ2n) is 6.12. The molecule has 0 saturated heterocycles. The van der Waals surface area contributed by atoms with Gasteiger partial charge in [-0.2, -0.15) is 0 Å². The molecule has 0 aliphatic rings. The summed E-state index contributed by atoms with van der Waals surface area (Å²) in [6.45, 7) is 0.601. The molecule has 7 heteroatoms. The van der Waals surface area contributed by atoms with Gasteiger partial charge in [0.1, 0.15) is 5.82 Å². The van der Waals surface area contributed by atoms with Crippen LogP contribution in [0.4, 0.5) is 10.9 Å². The van der Waals surface area contributed by atoms with Crippen LogP contribution in [0.15, 0.2) is 60.2 Å². The summed E-state index contributed by atoms with van der Waals surface area (Å²) in [5.74, 6) is 0.714. The maximum atomic E-state index is 12.2. The van der Waals surface area contributed by atoms with Gasteiger partial charge in [0.2, 0.25) is 5.91 Å². The molecule has 1 amide bonds. The molecule has 0 bridgehead atoms. The number of fused-ring (bicyclic) bond motifs is 1. The van der Waals surface area contributed by atoms with E-state index in [0.717, 1.165) is 28.6 Å². The Hall–Kier alpha value is -3.19. The van der Waals surface area contributed by atoms with Crippen molar-refractivity contribution in [3.05, 3.63) is 71.5 Å². The Balaban J connectivity index is 1.27. The maximum Gasteiger partial charge on any atom is 0.226 e. The quantitative estimate of drug-likeness (QED) is 0.459. The van der Waals surface area contributed by atoms with Crippen LogP contribution >= 0.6 is 11.3 Å². The molecule has 0 spiro atoms. The zero-order valence-corrected chi connectivity index (χ0v) is 15.4. The lowest BCUT2D eigenvalue weighted by atomic mass is 10.1. The summed E-state index contributed by atoms with van der Waals surface area (Å²) < 4.78 is 0. The van der Waals surface area contributed by atoms with Crippen LogP contribution in [0.1, 0.15) is 11.3 Å². The van der Waals surface area contributed by atoms with Gasteiger partial charge in [-0.1, -0.05) is 24.3 Å². The number of carbonyl (C=O) groups excluding carboxylic acids is 1. The van der Waals surface area contributed by atoms with Crippen molar-refractivity contribution in [3.8, 4) is 0 Å². The van der Waals surface area contributed by atoms with E-state index >= 15 is 0 Å². The smallest absolute Gasteiger partial charge is 0.226 e. The van der Waals surface area contributed by atoms with Crippen LogP contribution in [0.2, 0.25) is 0 Å². The van der Waals surface area contributed by atoms with Crippen LogP contribution in [0.3, 0.4) is 0 Å². The van der Waals surface area contributed by atoms with Crippen LogP contribution in [0, 0.1) is 0 Å². The summed E-state index contributed by atoms with van der Waals surface area (Å²) in [6.07, 6.45) is 4.79. The number of para-hydroxylation sites is 1. The molecule has 4 aromatic rings. The number of pyridine rings is 1. The minimum absolute atomic E-state index is 0.0236. The van der Waals surface area contributed by atoms with Gasteiger partial charge in [-0.15, -0.1) is 11.3 Å². The van der Waals surface area contributed by atoms with Crippen LogP contribution in [0.25, 0.3) is 10.9 Å². The number of aromatic amines is 1. The summed E-state index contributed by atoms with van der Waals surface area (Å²) in [6, 6.07) is 13.8. The van der Waals surface area contributed by atoms with E-state index in [1.54, 1.807) is 6.20 Å². The number of anilines is 2. The van der Waals surface area contributed by atoms with Gasteiger partial charge in [0.05, 0.1) is 12.1 Å². The van der Waals surface area contributed by atoms with Gasteiger partial charge < -0.3 is 15.6 Å². The number of hydrogen-bond donors (Lipinski definition) is 3. The van der Waals surface area contributed by atoms with Crippen molar-refractivity contribution in [3.63, 3.8) is 0 Å². The monoisotopic (exact) mass is 377 g/mol. The highest BCUT2D eigenvalue weighted by atomic mass is 32.1. The number of nitrogens with zero attached hydrogens (tertiary/aromatic N) is 2. The van der Waals surface area contributed by atoms with Crippen molar-refractivity contribution in [1.82, 2.24) is 20.3 Å². The van der Waals surface area contributed by atoms with Crippen molar-refractivity contribution >= 4 is 39.1 Å². The molecular weight excluding hydrogens is 358 g/mol. The molecule has 27 heavy (non-hydrogen) atoms. The first-order valence-corrected chi connectivity index (χ1v) is 9.60. The molecular formula is C20H19N5OS. The Morgan fingerprint density at radius 3 is 2.93 bits per heavy atom. The molecule has 3 heterocycles. The zero-order valence-electron chi connectivity index (χ0n) is 14.6. The van der Waals surface area contributed by atoms with Crippen molar-refractivity contribution in [1.29, 1.82) is 0 Å². The molecule has 0 atom stereocenters. The number of thiazole rings is 1. The van der Waals surface area contributed by atoms with Crippen molar-refractivity contribution in [2.24, 2.45) is 0 Å². The molecule has 6 nitrogen and oxygen atoms in total. The Kier molecular flexibility index (Phi) is 5.11. The van der Waals surface area contributed by atoms with Crippen LogP contribution in [-0.2, 0) is 17.6 Å². The SMILES string of the molecule is O=C(Cc1csc(Nc2ccccn2)n1)NCCc1c[nH]c2ccccc12. The van der Waals surface area contributed by atoms with E-state index in [2.05, 4.69) is 37.7 Å². The number of rotatable bonds is 7. The Labute approximate surface area is 160 Å². The van der Waals surface area contributed by atoms with Gasteiger partial charge in [0.25, 0.3) is 0 Å². The lowest BCUT2D eigenvalue weighted by Crippen LogP contribution is -2.27. The van der Waals surface area contributed by atoms with E-state index in [1.165, 1.54) is 22.3 Å². The zero-order chi connectivity index (χ0) is 18.5. The van der Waals surface area contributed by atoms with Crippen molar-refractivity contribution in [2.75, 3.05) is 11.9 Å². The second kappa shape index (κ2) is 8.01. The molecule has 1 aromatic carbocycles. The minimum Gasteiger partial charge on any atom is -0.361 e. The first-order chi connectivity index (χ1) is 13.3. The summed E-state index contributed by atoms with van der Waals surface area (Å²) in [5, 5.41) is 9.94. The standard InChI is InChI=1S/C20H19N5OS/c26-19(22-10-8-14-12-23-17-6-2-1-5-16(14)17)11-15-13-27-20(24-15)25-18-7-3-4-9-21-18/h1-7,9,12-13,23H,8,10-11H2,(H,22,26)(H,21,24,25). The van der Waals surface area contributed by atoms with E-state index in [4.69, 9.17) is 0 Å². The Morgan fingerprint density at radius 1 is 1.15 bits per heavy atom. The lowest BCUT2D eigenvalue weighted by Gasteiger charge is -2.04. The number of hydrogen-bond acceptors (Lipinski definition) is 5. The number of carbonyl (C=O) groups is 1. The average Bonchev–Trinajstić information content (AvgIpc) is 3.30. The van der Waals surface area contributed by atoms with Gasteiger partial charge in [0.15, 0.2) is 5.13 Å². The normalized spacial score (nSPS) is 10.8. The molecule has 0 unspecified atom stereocenters. The highest BCUT2D eigenvalue weighted by Gasteiger charge is 2.09. The molecule has 0 saturated carbocycles. The van der Waals surface area contributed by atoms with E-state index in [0.29, 0.717) is 6.54 Å². The number of amides is 1. The Bertz CT molecular complexity index is 1040. The van der Waals surface area contributed by atoms with Gasteiger partial charge in [-0.05, 0) is 30.2 Å². The van der Waals surface area contributed by atoms with Crippen molar-refractivity contribution < 1.29 is 4.79 Å². The van der Waals surface area contributed by atoms with Gasteiger partial charge in [-0.3, -0.25) is 4.79 Å². The third-order valence-corrected chi connectivity index (χ3v) is 4.99. The van der Waals surface area contributed by atoms with E-state index in [1.807, 2.05) is 41.9 Å². The second-order valence-corrected chi connectivity index (χ2v) is 6.98. The summed E-state index contributed by atoms with van der Waals surface area (Å²) >= 11 is 1.46. The number of benzene rings is 1. The third-order valence-electron chi connectivity index (χ3n) is 4.18. The summed E-state index contributed by atoms with van der Waals surface area (Å²) in [7, 11) is 0. The van der Waals surface area contributed by atoms with E-state index < -0.39 is 0 Å². The molecule has 136 valence electrons. The molecule has 3 aromatic heterocycles. The van der Waals surface area contributed by atoms with Crippen LogP contribution in [-0.4, -0.2) is 27.4 Å². The largest absolute Gasteiger partial charge is 0.361 e. The van der Waals surface area contributed by atoms with Gasteiger partial charge >= 0.3 is 0 Å². The fraction of sp³-hybridized carbons (Fsp3) is 0.150. The molecule has 0 aliphatic carbocycles. The fourth-order valence-electron chi connectivity index (χ4n) is 2.89. The first-order valence-electron chi connectivity index (χ1n) is 8.72. The number of nitrogens with one attached hydrogen (secondary N) is 3. The molecule has 0 aliphatic heterocycles. The third kappa shape index (κ3) is 4.32. The maximum absolute atomic E-state index is 12.2. The highest BCUT2D eigenvalue weighted by Crippen LogP contribution is 2.20. The van der Waals surface area contributed by atoms with Crippen LogP contribution < -0.4 is 10.6 Å². The molecule has 0 fully saturated rings. The van der Waals surface area contributed by atoms with E-state index in [-0.39, 0.29) is 12.3 Å². The first kappa shape index (κ1) is 17.2. The predicted octanol–water partition coefficient (Wildman–Crippen LogP) is 3.66. The number of H-pyrrole nitrogens is 1. The van der Waals surface area contributed by atoms with Gasteiger partial charge in [0, 0.05) is 35.2 Å². The fourth-order valence-corrected chi connectivity index (χ4v) is 3.61. The lowest BCUT2D eigenvalue weighted by molar-refractivity contribution is -0.120. The molecule has 3 N–H and O–H groups in total. The van der Waals surface area contributed by atoms with Gasteiger partial charge in [-0.25, -0.2) is 9.97 Å². The average molecular weight is 377 g/mol. The topological polar surface area (TPSA) is 82.7 Å². The highest BCUT2D eigenvalue weighted by molar-refractivity contribution is 7.13. The molecule has 0 radical (unpaired) electrons. The summed E-state index contributed by atoms with van der Waals surface area (Å²) in [4.78, 5) is 24.1. The Morgan fingerprint density at radius 2 is 2.04 bits per heavy atom. The van der Waals surface area contributed by atoms with Crippen molar-refractivity contribution in [2.45, 2.75) is 12.8 Å². The number of aromatic nitrogens is 3. The molecule has 4 rings (SSSR count). The summed E-state index contributed by atoms with van der Waals surface area (Å²) in [5.41, 5.74) is 3.08.